The molecule has 2 rings (SSSR count). The minimum atomic E-state index is -0.0665. The van der Waals surface area contributed by atoms with Crippen LogP contribution in [0.3, 0.4) is 0 Å². The Balaban J connectivity index is 1.94. The summed E-state index contributed by atoms with van der Waals surface area (Å²) in [6.07, 6.45) is 2.85. The van der Waals surface area contributed by atoms with Crippen molar-refractivity contribution in [3.63, 3.8) is 0 Å². The lowest BCUT2D eigenvalue weighted by Gasteiger charge is -2.33. The highest BCUT2D eigenvalue weighted by atomic mass is 16.5. The van der Waals surface area contributed by atoms with Crippen molar-refractivity contribution < 1.29 is 9.84 Å². The Kier molecular flexibility index (Phi) is 4.61. The molecule has 0 aliphatic heterocycles. The number of aliphatic hydroxyl groups excluding tert-OH is 1. The number of hydrogen-bond acceptors (Lipinski definition) is 3. The number of benzene rings is 1. The normalized spacial score (nSPS) is 24.4. The SMILES string of the molecule is CCC(NCC1CC(O)C1)c1ccccc1OC. The highest BCUT2D eigenvalue weighted by Gasteiger charge is 2.27. The van der Waals surface area contributed by atoms with E-state index in [0.717, 1.165) is 31.6 Å². The minimum Gasteiger partial charge on any atom is -0.496 e. The molecule has 0 radical (unpaired) electrons. The van der Waals surface area contributed by atoms with E-state index in [4.69, 9.17) is 4.74 Å². The van der Waals surface area contributed by atoms with Gasteiger partial charge in [0.25, 0.3) is 0 Å². The van der Waals surface area contributed by atoms with Crippen LogP contribution in [0.15, 0.2) is 24.3 Å². The van der Waals surface area contributed by atoms with Gasteiger partial charge in [0.15, 0.2) is 0 Å². The topological polar surface area (TPSA) is 41.5 Å². The lowest BCUT2D eigenvalue weighted by Crippen LogP contribution is -2.37. The molecule has 1 saturated carbocycles. The molecular formula is C15H23NO2. The van der Waals surface area contributed by atoms with Crippen LogP contribution in [0.1, 0.15) is 37.8 Å². The molecule has 0 heterocycles. The first-order chi connectivity index (χ1) is 8.74. The maximum absolute atomic E-state index is 9.29. The van der Waals surface area contributed by atoms with Crippen LogP contribution < -0.4 is 10.1 Å². The monoisotopic (exact) mass is 249 g/mol. The number of nitrogens with one attached hydrogen (secondary N) is 1. The highest BCUT2D eigenvalue weighted by molar-refractivity contribution is 5.35. The Bertz CT molecular complexity index is 375. The predicted octanol–water partition coefficient (Wildman–Crippen LogP) is 2.51. The van der Waals surface area contributed by atoms with Crippen LogP contribution in [-0.4, -0.2) is 24.9 Å². The van der Waals surface area contributed by atoms with Gasteiger partial charge < -0.3 is 15.2 Å². The summed E-state index contributed by atoms with van der Waals surface area (Å²) in [6.45, 7) is 3.16. The Morgan fingerprint density at radius 2 is 2.11 bits per heavy atom. The highest BCUT2D eigenvalue weighted by Crippen LogP contribution is 2.30. The summed E-state index contributed by atoms with van der Waals surface area (Å²) in [7, 11) is 1.72. The zero-order valence-electron chi connectivity index (χ0n) is 11.2. The zero-order chi connectivity index (χ0) is 13.0. The van der Waals surface area contributed by atoms with E-state index in [-0.39, 0.29) is 6.10 Å². The third-order valence-corrected chi connectivity index (χ3v) is 3.79. The van der Waals surface area contributed by atoms with Crippen LogP contribution in [0.2, 0.25) is 0 Å². The van der Waals surface area contributed by atoms with Crippen LogP contribution >= 0.6 is 0 Å². The quantitative estimate of drug-likeness (QED) is 0.814. The lowest BCUT2D eigenvalue weighted by molar-refractivity contribution is 0.0417. The van der Waals surface area contributed by atoms with Crippen LogP contribution in [0.25, 0.3) is 0 Å². The fourth-order valence-electron chi connectivity index (χ4n) is 2.60. The van der Waals surface area contributed by atoms with Crippen LogP contribution in [0.5, 0.6) is 5.75 Å². The second-order valence-corrected chi connectivity index (χ2v) is 5.10. The summed E-state index contributed by atoms with van der Waals surface area (Å²) < 4.78 is 5.41. The molecule has 0 bridgehead atoms. The van der Waals surface area contributed by atoms with Gasteiger partial charge in [-0.1, -0.05) is 25.1 Å². The Morgan fingerprint density at radius 1 is 1.39 bits per heavy atom. The van der Waals surface area contributed by atoms with Gasteiger partial charge in [-0.2, -0.15) is 0 Å². The summed E-state index contributed by atoms with van der Waals surface area (Å²) in [5, 5.41) is 12.9. The molecule has 1 aromatic rings. The first kappa shape index (κ1) is 13.4. The van der Waals surface area contributed by atoms with E-state index >= 15 is 0 Å². The van der Waals surface area contributed by atoms with Gasteiger partial charge in [-0.25, -0.2) is 0 Å². The van der Waals surface area contributed by atoms with Crippen LogP contribution in [0, 0.1) is 5.92 Å². The second-order valence-electron chi connectivity index (χ2n) is 5.10. The van der Waals surface area contributed by atoms with E-state index < -0.39 is 0 Å². The summed E-state index contributed by atoms with van der Waals surface area (Å²) in [5.41, 5.74) is 1.22. The van der Waals surface area contributed by atoms with Crippen molar-refractivity contribution in [2.75, 3.05) is 13.7 Å². The molecule has 1 aliphatic rings. The van der Waals surface area contributed by atoms with E-state index in [1.807, 2.05) is 12.1 Å². The maximum Gasteiger partial charge on any atom is 0.123 e. The smallest absolute Gasteiger partial charge is 0.123 e. The molecule has 100 valence electrons. The summed E-state index contributed by atoms with van der Waals surface area (Å²) in [6, 6.07) is 8.51. The van der Waals surface area contributed by atoms with Gasteiger partial charge in [-0.15, -0.1) is 0 Å². The van der Waals surface area contributed by atoms with E-state index in [0.29, 0.717) is 12.0 Å². The van der Waals surface area contributed by atoms with Gasteiger partial charge in [0, 0.05) is 11.6 Å². The fraction of sp³-hybridized carbons (Fsp3) is 0.600. The van der Waals surface area contributed by atoms with Crippen molar-refractivity contribution in [1.29, 1.82) is 0 Å². The molecule has 1 fully saturated rings. The molecule has 1 atom stereocenters. The molecule has 3 nitrogen and oxygen atoms in total. The standard InChI is InChI=1S/C15H23NO2/c1-3-14(16-10-11-8-12(17)9-11)13-6-4-5-7-15(13)18-2/h4-7,11-12,14,16-17H,3,8-10H2,1-2H3. The number of methoxy groups -OCH3 is 1. The lowest BCUT2D eigenvalue weighted by atomic mass is 9.82. The van der Waals surface area contributed by atoms with Crippen molar-refractivity contribution >= 4 is 0 Å². The van der Waals surface area contributed by atoms with E-state index in [9.17, 15) is 5.11 Å². The minimum absolute atomic E-state index is 0.0665. The zero-order valence-corrected chi connectivity index (χ0v) is 11.2. The van der Waals surface area contributed by atoms with E-state index in [2.05, 4.69) is 24.4 Å². The van der Waals surface area contributed by atoms with Crippen molar-refractivity contribution in [1.82, 2.24) is 5.32 Å². The molecular weight excluding hydrogens is 226 g/mol. The van der Waals surface area contributed by atoms with Crippen molar-refractivity contribution in [3.8, 4) is 5.75 Å². The molecule has 1 unspecified atom stereocenters. The molecule has 0 aromatic heterocycles. The van der Waals surface area contributed by atoms with Gasteiger partial charge in [-0.05, 0) is 37.8 Å². The second kappa shape index (κ2) is 6.21. The largest absolute Gasteiger partial charge is 0.496 e. The first-order valence-corrected chi connectivity index (χ1v) is 6.79. The number of para-hydroxylation sites is 1. The van der Waals surface area contributed by atoms with Gasteiger partial charge in [0.1, 0.15) is 5.75 Å². The van der Waals surface area contributed by atoms with Gasteiger partial charge in [0.2, 0.25) is 0 Å². The average molecular weight is 249 g/mol. The van der Waals surface area contributed by atoms with Gasteiger partial charge >= 0.3 is 0 Å². The molecule has 18 heavy (non-hydrogen) atoms. The Morgan fingerprint density at radius 3 is 2.72 bits per heavy atom. The Hall–Kier alpha value is -1.06. The number of hydrogen-bond donors (Lipinski definition) is 2. The average Bonchev–Trinajstić information content (AvgIpc) is 2.37. The third-order valence-electron chi connectivity index (χ3n) is 3.79. The van der Waals surface area contributed by atoms with Gasteiger partial charge in [0.05, 0.1) is 13.2 Å². The molecule has 1 aromatic carbocycles. The first-order valence-electron chi connectivity index (χ1n) is 6.79. The molecule has 0 saturated heterocycles. The number of rotatable bonds is 6. The summed E-state index contributed by atoms with van der Waals surface area (Å²) >= 11 is 0. The van der Waals surface area contributed by atoms with E-state index in [1.54, 1.807) is 7.11 Å². The van der Waals surface area contributed by atoms with E-state index in [1.165, 1.54) is 5.56 Å². The number of aliphatic hydroxyl groups is 1. The van der Waals surface area contributed by atoms with Crippen molar-refractivity contribution in [3.05, 3.63) is 29.8 Å². The predicted molar refractivity (Wildman–Crippen MR) is 72.8 cm³/mol. The Labute approximate surface area is 109 Å². The molecule has 3 heteroatoms. The fourth-order valence-corrected chi connectivity index (χ4v) is 2.60. The van der Waals surface area contributed by atoms with Crippen LogP contribution in [0.4, 0.5) is 0 Å². The van der Waals surface area contributed by atoms with Crippen molar-refractivity contribution in [2.24, 2.45) is 5.92 Å². The number of ether oxygens (including phenoxy) is 1. The molecule has 0 spiro atoms. The maximum atomic E-state index is 9.29. The molecule has 1 aliphatic carbocycles. The summed E-state index contributed by atoms with van der Waals surface area (Å²) in [5.74, 6) is 1.58. The van der Waals surface area contributed by atoms with Gasteiger partial charge in [-0.3, -0.25) is 0 Å². The van der Waals surface area contributed by atoms with Crippen LogP contribution in [-0.2, 0) is 0 Å². The van der Waals surface area contributed by atoms with Crippen molar-refractivity contribution in [2.45, 2.75) is 38.3 Å². The summed E-state index contributed by atoms with van der Waals surface area (Å²) in [4.78, 5) is 0. The molecule has 0 amide bonds. The molecule has 2 N–H and O–H groups in total. The third kappa shape index (κ3) is 3.03.